The number of hydrogen-bond donors (Lipinski definition) is 1. The summed E-state index contributed by atoms with van der Waals surface area (Å²) < 4.78 is 0. The van der Waals surface area contributed by atoms with Gasteiger partial charge in [0.25, 0.3) is 0 Å². The number of nitrogens with zero attached hydrogens (tertiary/aromatic N) is 2. The number of hydrogen-bond acceptors (Lipinski definition) is 3. The quantitative estimate of drug-likeness (QED) is 0.811. The maximum absolute atomic E-state index is 5.68. The molecule has 17 heavy (non-hydrogen) atoms. The molecular formula is C14H15N3. The Kier molecular flexibility index (Phi) is 2.32. The smallest absolute Gasteiger partial charge is 0.149 e. The lowest BCUT2D eigenvalue weighted by molar-refractivity contribution is 0.912. The first-order valence-corrected chi connectivity index (χ1v) is 5.96. The van der Waals surface area contributed by atoms with Crippen molar-refractivity contribution in [3.8, 4) is 11.3 Å². The van der Waals surface area contributed by atoms with Crippen LogP contribution in [-0.2, 0) is 12.8 Å². The van der Waals surface area contributed by atoms with Crippen molar-refractivity contribution in [2.45, 2.75) is 26.2 Å². The van der Waals surface area contributed by atoms with Crippen molar-refractivity contribution in [2.75, 3.05) is 5.73 Å². The summed E-state index contributed by atoms with van der Waals surface area (Å²) in [5, 5.41) is 8.14. The van der Waals surface area contributed by atoms with Gasteiger partial charge >= 0.3 is 0 Å². The Morgan fingerprint density at radius 3 is 2.71 bits per heavy atom. The van der Waals surface area contributed by atoms with Gasteiger partial charge in [0.05, 0.1) is 5.69 Å². The van der Waals surface area contributed by atoms with E-state index in [-0.39, 0.29) is 0 Å². The molecule has 0 saturated carbocycles. The fraction of sp³-hybridized carbons (Fsp3) is 0.286. The molecular weight excluding hydrogens is 210 g/mol. The van der Waals surface area contributed by atoms with Crippen LogP contribution in [0.25, 0.3) is 11.3 Å². The predicted molar refractivity (Wildman–Crippen MR) is 68.6 cm³/mol. The van der Waals surface area contributed by atoms with E-state index in [1.165, 1.54) is 30.4 Å². The summed E-state index contributed by atoms with van der Waals surface area (Å²) in [7, 11) is 0. The molecule has 0 atom stereocenters. The van der Waals surface area contributed by atoms with Gasteiger partial charge in [-0.2, -0.15) is 0 Å². The lowest BCUT2D eigenvalue weighted by atomic mass is 10.0. The van der Waals surface area contributed by atoms with E-state index in [9.17, 15) is 0 Å². The van der Waals surface area contributed by atoms with Crippen LogP contribution in [0.15, 0.2) is 24.3 Å². The fourth-order valence-corrected chi connectivity index (χ4v) is 2.37. The first-order valence-electron chi connectivity index (χ1n) is 5.96. The molecule has 2 aromatic rings. The van der Waals surface area contributed by atoms with E-state index >= 15 is 0 Å². The lowest BCUT2D eigenvalue weighted by Gasteiger charge is -2.05. The molecule has 3 nitrogen and oxygen atoms in total. The number of aromatic nitrogens is 2. The van der Waals surface area contributed by atoms with Crippen molar-refractivity contribution in [2.24, 2.45) is 0 Å². The summed E-state index contributed by atoms with van der Waals surface area (Å²) in [6.45, 7) is 1.96. The monoisotopic (exact) mass is 225 g/mol. The van der Waals surface area contributed by atoms with Crippen LogP contribution in [0.4, 0.5) is 5.82 Å². The molecule has 0 saturated heterocycles. The summed E-state index contributed by atoms with van der Waals surface area (Å²) >= 11 is 0. The van der Waals surface area contributed by atoms with Gasteiger partial charge in [-0.3, -0.25) is 0 Å². The lowest BCUT2D eigenvalue weighted by Crippen LogP contribution is -1.98. The molecule has 1 heterocycles. The first kappa shape index (κ1) is 10.3. The molecule has 86 valence electrons. The SMILES string of the molecule is Cc1cc(-c2ccc3c(c2)CCC3)nnc1N. The molecule has 0 unspecified atom stereocenters. The zero-order chi connectivity index (χ0) is 11.8. The number of fused-ring (bicyclic) bond motifs is 1. The van der Waals surface area contributed by atoms with Gasteiger partial charge in [0, 0.05) is 5.56 Å². The summed E-state index contributed by atoms with van der Waals surface area (Å²) in [5.74, 6) is 0.509. The van der Waals surface area contributed by atoms with Gasteiger partial charge in [-0.15, -0.1) is 10.2 Å². The number of nitrogen functional groups attached to an aromatic ring is 1. The van der Waals surface area contributed by atoms with E-state index in [2.05, 4.69) is 28.4 Å². The normalized spacial score (nSPS) is 13.7. The Bertz CT molecular complexity index is 576. The average molecular weight is 225 g/mol. The van der Waals surface area contributed by atoms with Gasteiger partial charge in [-0.05, 0) is 55.0 Å². The molecule has 0 radical (unpaired) electrons. The number of nitrogens with two attached hydrogens (primary N) is 1. The van der Waals surface area contributed by atoms with E-state index in [1.54, 1.807) is 0 Å². The third-order valence-corrected chi connectivity index (χ3v) is 3.42. The minimum absolute atomic E-state index is 0.509. The van der Waals surface area contributed by atoms with Gasteiger partial charge in [0.2, 0.25) is 0 Å². The highest BCUT2D eigenvalue weighted by Gasteiger charge is 2.12. The molecule has 0 bridgehead atoms. The largest absolute Gasteiger partial charge is 0.382 e. The minimum Gasteiger partial charge on any atom is -0.382 e. The summed E-state index contributed by atoms with van der Waals surface area (Å²) in [6.07, 6.45) is 3.66. The summed E-state index contributed by atoms with van der Waals surface area (Å²) in [6, 6.07) is 8.58. The highest BCUT2D eigenvalue weighted by atomic mass is 15.1. The van der Waals surface area contributed by atoms with Crippen LogP contribution in [0.1, 0.15) is 23.1 Å². The van der Waals surface area contributed by atoms with Crippen molar-refractivity contribution in [3.63, 3.8) is 0 Å². The van der Waals surface area contributed by atoms with E-state index in [1.807, 2.05) is 13.0 Å². The van der Waals surface area contributed by atoms with Crippen molar-refractivity contribution in [1.29, 1.82) is 0 Å². The summed E-state index contributed by atoms with van der Waals surface area (Å²) in [5.41, 5.74) is 11.7. The molecule has 2 N–H and O–H groups in total. The molecule has 0 fully saturated rings. The maximum Gasteiger partial charge on any atom is 0.149 e. The number of benzene rings is 1. The molecule has 1 aliphatic carbocycles. The Hall–Kier alpha value is -1.90. The zero-order valence-electron chi connectivity index (χ0n) is 9.90. The summed E-state index contributed by atoms with van der Waals surface area (Å²) in [4.78, 5) is 0. The number of rotatable bonds is 1. The van der Waals surface area contributed by atoms with E-state index in [0.29, 0.717) is 5.82 Å². The highest BCUT2D eigenvalue weighted by molar-refractivity contribution is 5.63. The standard InChI is InChI=1S/C14H15N3/c1-9-7-13(16-17-14(9)15)12-6-5-10-3-2-4-11(10)8-12/h5-8H,2-4H2,1H3,(H2,15,17). The minimum atomic E-state index is 0.509. The van der Waals surface area contributed by atoms with Gasteiger partial charge in [-0.25, -0.2) is 0 Å². The topological polar surface area (TPSA) is 51.8 Å². The van der Waals surface area contributed by atoms with Gasteiger partial charge < -0.3 is 5.73 Å². The average Bonchev–Trinajstić information content (AvgIpc) is 2.79. The third kappa shape index (κ3) is 1.78. The van der Waals surface area contributed by atoms with E-state index in [4.69, 9.17) is 5.73 Å². The highest BCUT2D eigenvalue weighted by Crippen LogP contribution is 2.27. The van der Waals surface area contributed by atoms with Crippen LogP contribution < -0.4 is 5.73 Å². The zero-order valence-corrected chi connectivity index (χ0v) is 9.90. The molecule has 1 aliphatic rings. The molecule has 1 aromatic carbocycles. The predicted octanol–water partition coefficient (Wildman–Crippen LogP) is 2.52. The second-order valence-electron chi connectivity index (χ2n) is 4.63. The fourth-order valence-electron chi connectivity index (χ4n) is 2.37. The van der Waals surface area contributed by atoms with Crippen LogP contribution in [0, 0.1) is 6.92 Å². The molecule has 0 amide bonds. The number of aryl methyl sites for hydroxylation is 3. The van der Waals surface area contributed by atoms with E-state index in [0.717, 1.165) is 16.8 Å². The second kappa shape index (κ2) is 3.84. The van der Waals surface area contributed by atoms with Crippen LogP contribution in [-0.4, -0.2) is 10.2 Å². The van der Waals surface area contributed by atoms with Crippen LogP contribution in [0.2, 0.25) is 0 Å². The van der Waals surface area contributed by atoms with Gasteiger partial charge in [0.1, 0.15) is 5.82 Å². The first-order chi connectivity index (χ1) is 8.24. The molecule has 0 spiro atoms. The van der Waals surface area contributed by atoms with Crippen LogP contribution >= 0.6 is 0 Å². The number of anilines is 1. The van der Waals surface area contributed by atoms with Crippen molar-refractivity contribution in [3.05, 3.63) is 41.0 Å². The van der Waals surface area contributed by atoms with Crippen LogP contribution in [0.5, 0.6) is 0 Å². The third-order valence-electron chi connectivity index (χ3n) is 3.42. The van der Waals surface area contributed by atoms with Crippen molar-refractivity contribution >= 4 is 5.82 Å². The Morgan fingerprint density at radius 1 is 1.06 bits per heavy atom. The molecule has 3 heteroatoms. The molecule has 1 aromatic heterocycles. The Labute approximate surface area is 101 Å². The van der Waals surface area contributed by atoms with Crippen molar-refractivity contribution < 1.29 is 0 Å². The van der Waals surface area contributed by atoms with Gasteiger partial charge in [0.15, 0.2) is 0 Å². The Balaban J connectivity index is 2.06. The molecule has 0 aliphatic heterocycles. The molecule has 3 rings (SSSR count). The van der Waals surface area contributed by atoms with Crippen molar-refractivity contribution in [1.82, 2.24) is 10.2 Å². The maximum atomic E-state index is 5.68. The second-order valence-corrected chi connectivity index (χ2v) is 4.63. The Morgan fingerprint density at radius 2 is 1.88 bits per heavy atom. The van der Waals surface area contributed by atoms with Gasteiger partial charge in [-0.1, -0.05) is 12.1 Å². The van der Waals surface area contributed by atoms with E-state index < -0.39 is 0 Å². The van der Waals surface area contributed by atoms with Crippen LogP contribution in [0.3, 0.4) is 0 Å².